The fourth-order valence-corrected chi connectivity index (χ4v) is 3.69. The van der Waals surface area contributed by atoms with Crippen molar-refractivity contribution in [2.75, 3.05) is 24.6 Å². The maximum atomic E-state index is 12.2. The molecule has 7 heteroatoms. The molecule has 0 unspecified atom stereocenters. The number of amides is 2. The first-order valence-electron chi connectivity index (χ1n) is 7.70. The van der Waals surface area contributed by atoms with Crippen molar-refractivity contribution in [3.05, 3.63) is 35.9 Å². The predicted molar refractivity (Wildman–Crippen MR) is 87.6 cm³/mol. The summed E-state index contributed by atoms with van der Waals surface area (Å²) in [4.78, 5) is 25.7. The van der Waals surface area contributed by atoms with Crippen molar-refractivity contribution < 1.29 is 18.0 Å². The smallest absolute Gasteiger partial charge is 0.244 e. The zero-order valence-corrected chi connectivity index (χ0v) is 14.0. The van der Waals surface area contributed by atoms with E-state index in [0.29, 0.717) is 12.8 Å². The topological polar surface area (TPSA) is 83.6 Å². The average molecular weight is 338 g/mol. The lowest BCUT2D eigenvalue weighted by Gasteiger charge is -2.29. The zero-order valence-electron chi connectivity index (χ0n) is 13.2. The van der Waals surface area contributed by atoms with E-state index in [1.165, 1.54) is 4.90 Å². The van der Waals surface area contributed by atoms with Gasteiger partial charge in [-0.2, -0.15) is 0 Å². The molecular weight excluding hydrogens is 316 g/mol. The Morgan fingerprint density at radius 1 is 1.17 bits per heavy atom. The standard InChI is InChI=1S/C16H22N2O4S/c1-13(16(20)18-9-11-23(21,22)12-10-18)17-15(19)8-7-14-5-3-2-4-6-14/h2-6,13H,7-12H2,1H3,(H,17,19)/t13-/m1/s1. The quantitative estimate of drug-likeness (QED) is 0.841. The SMILES string of the molecule is C[C@@H](NC(=O)CCc1ccccc1)C(=O)N1CCS(=O)(=O)CC1. The lowest BCUT2D eigenvalue weighted by Crippen LogP contribution is -2.51. The van der Waals surface area contributed by atoms with E-state index in [9.17, 15) is 18.0 Å². The summed E-state index contributed by atoms with van der Waals surface area (Å²) in [5.41, 5.74) is 1.07. The zero-order chi connectivity index (χ0) is 16.9. The second-order valence-corrected chi connectivity index (χ2v) is 8.06. The van der Waals surface area contributed by atoms with Gasteiger partial charge in [-0.15, -0.1) is 0 Å². The van der Waals surface area contributed by atoms with Crippen LogP contribution in [0, 0.1) is 0 Å². The van der Waals surface area contributed by atoms with Crippen LogP contribution in [0.1, 0.15) is 18.9 Å². The van der Waals surface area contributed by atoms with Crippen LogP contribution in [0.15, 0.2) is 30.3 Å². The van der Waals surface area contributed by atoms with Crippen molar-refractivity contribution in [1.29, 1.82) is 0 Å². The number of carbonyl (C=O) groups is 2. The highest BCUT2D eigenvalue weighted by atomic mass is 32.2. The molecule has 0 bridgehead atoms. The van der Waals surface area contributed by atoms with Gasteiger partial charge in [0, 0.05) is 19.5 Å². The number of hydrogen-bond acceptors (Lipinski definition) is 4. The van der Waals surface area contributed by atoms with E-state index in [0.717, 1.165) is 5.56 Å². The molecule has 6 nitrogen and oxygen atoms in total. The Bertz CT molecular complexity index is 644. The Labute approximate surface area is 136 Å². The lowest BCUT2D eigenvalue weighted by molar-refractivity contribution is -0.135. The Morgan fingerprint density at radius 3 is 2.39 bits per heavy atom. The largest absolute Gasteiger partial charge is 0.345 e. The first kappa shape index (κ1) is 17.5. The summed E-state index contributed by atoms with van der Waals surface area (Å²) >= 11 is 0. The van der Waals surface area contributed by atoms with Crippen LogP contribution in [0.5, 0.6) is 0 Å². The molecule has 1 saturated heterocycles. The monoisotopic (exact) mass is 338 g/mol. The molecule has 1 aromatic carbocycles. The van der Waals surface area contributed by atoms with Crippen LogP contribution in [0.2, 0.25) is 0 Å². The number of nitrogens with zero attached hydrogens (tertiary/aromatic N) is 1. The molecule has 0 aliphatic carbocycles. The molecule has 0 aromatic heterocycles. The molecule has 23 heavy (non-hydrogen) atoms. The number of rotatable bonds is 5. The van der Waals surface area contributed by atoms with Crippen LogP contribution in [-0.2, 0) is 25.8 Å². The van der Waals surface area contributed by atoms with Crippen molar-refractivity contribution in [2.24, 2.45) is 0 Å². The van der Waals surface area contributed by atoms with Gasteiger partial charge >= 0.3 is 0 Å². The van der Waals surface area contributed by atoms with Crippen LogP contribution >= 0.6 is 0 Å². The van der Waals surface area contributed by atoms with Gasteiger partial charge in [0.15, 0.2) is 9.84 Å². The Morgan fingerprint density at radius 2 is 1.78 bits per heavy atom. The molecule has 1 atom stereocenters. The molecule has 1 fully saturated rings. The van der Waals surface area contributed by atoms with Gasteiger partial charge in [-0.25, -0.2) is 8.42 Å². The average Bonchev–Trinajstić information content (AvgIpc) is 2.53. The fourth-order valence-electron chi connectivity index (χ4n) is 2.48. The molecule has 0 spiro atoms. The van der Waals surface area contributed by atoms with Gasteiger partial charge < -0.3 is 10.2 Å². The molecule has 2 amide bonds. The van der Waals surface area contributed by atoms with E-state index in [1.54, 1.807) is 6.92 Å². The molecule has 1 heterocycles. The number of carbonyl (C=O) groups excluding carboxylic acids is 2. The highest BCUT2D eigenvalue weighted by molar-refractivity contribution is 7.91. The van der Waals surface area contributed by atoms with Crippen molar-refractivity contribution in [3.8, 4) is 0 Å². The van der Waals surface area contributed by atoms with Gasteiger partial charge in [-0.1, -0.05) is 30.3 Å². The molecular formula is C16H22N2O4S. The lowest BCUT2D eigenvalue weighted by atomic mass is 10.1. The number of sulfone groups is 1. The predicted octanol–water partition coefficient (Wildman–Crippen LogP) is 0.381. The van der Waals surface area contributed by atoms with Gasteiger partial charge in [0.2, 0.25) is 11.8 Å². The minimum absolute atomic E-state index is 0.00653. The van der Waals surface area contributed by atoms with Crippen LogP contribution in [0.4, 0.5) is 0 Å². The van der Waals surface area contributed by atoms with Crippen molar-refractivity contribution in [2.45, 2.75) is 25.8 Å². The Balaban J connectivity index is 1.78. The third-order valence-corrected chi connectivity index (χ3v) is 5.50. The third kappa shape index (κ3) is 5.35. The molecule has 0 saturated carbocycles. The minimum Gasteiger partial charge on any atom is -0.345 e. The molecule has 126 valence electrons. The Kier molecular flexibility index (Phi) is 5.76. The van der Waals surface area contributed by atoms with Crippen molar-refractivity contribution in [3.63, 3.8) is 0 Å². The highest BCUT2D eigenvalue weighted by Crippen LogP contribution is 2.06. The molecule has 1 aliphatic rings. The first-order valence-corrected chi connectivity index (χ1v) is 9.52. The van der Waals surface area contributed by atoms with Crippen LogP contribution < -0.4 is 5.32 Å². The van der Waals surface area contributed by atoms with Crippen molar-refractivity contribution in [1.82, 2.24) is 10.2 Å². The van der Waals surface area contributed by atoms with Crippen LogP contribution in [0.3, 0.4) is 0 Å². The minimum atomic E-state index is -3.02. The van der Waals surface area contributed by atoms with E-state index in [-0.39, 0.29) is 36.4 Å². The van der Waals surface area contributed by atoms with Gasteiger partial charge in [-0.05, 0) is 18.9 Å². The molecule has 2 rings (SSSR count). The molecule has 1 N–H and O–H groups in total. The molecule has 1 aromatic rings. The normalized spacial score (nSPS) is 18.2. The number of hydrogen-bond donors (Lipinski definition) is 1. The highest BCUT2D eigenvalue weighted by Gasteiger charge is 2.28. The van der Waals surface area contributed by atoms with E-state index >= 15 is 0 Å². The maximum Gasteiger partial charge on any atom is 0.244 e. The number of aryl methyl sites for hydroxylation is 1. The second kappa shape index (κ2) is 7.59. The summed E-state index contributed by atoms with van der Waals surface area (Å²) in [5.74, 6) is -0.423. The summed E-state index contributed by atoms with van der Waals surface area (Å²) in [6.07, 6.45) is 0.936. The number of benzene rings is 1. The van der Waals surface area contributed by atoms with Crippen molar-refractivity contribution >= 4 is 21.7 Å². The third-order valence-electron chi connectivity index (χ3n) is 3.89. The van der Waals surface area contributed by atoms with Gasteiger partial charge in [0.1, 0.15) is 6.04 Å². The van der Waals surface area contributed by atoms with E-state index in [1.807, 2.05) is 30.3 Å². The summed E-state index contributed by atoms with van der Waals surface area (Å²) in [6, 6.07) is 9.03. The van der Waals surface area contributed by atoms with Gasteiger partial charge in [0.25, 0.3) is 0 Å². The second-order valence-electron chi connectivity index (χ2n) is 5.75. The van der Waals surface area contributed by atoms with Gasteiger partial charge in [-0.3, -0.25) is 9.59 Å². The molecule has 0 radical (unpaired) electrons. The fraction of sp³-hybridized carbons (Fsp3) is 0.500. The summed E-state index contributed by atoms with van der Waals surface area (Å²) < 4.78 is 22.8. The maximum absolute atomic E-state index is 12.2. The Hall–Kier alpha value is -1.89. The van der Waals surface area contributed by atoms with E-state index in [2.05, 4.69) is 5.32 Å². The summed E-state index contributed by atoms with van der Waals surface area (Å²) in [5, 5.41) is 2.69. The first-order chi connectivity index (χ1) is 10.9. The van der Waals surface area contributed by atoms with Crippen LogP contribution in [0.25, 0.3) is 0 Å². The van der Waals surface area contributed by atoms with Crippen LogP contribution in [-0.4, -0.2) is 55.8 Å². The van der Waals surface area contributed by atoms with E-state index < -0.39 is 15.9 Å². The summed E-state index contributed by atoms with van der Waals surface area (Å²) in [6.45, 7) is 2.03. The molecule has 1 aliphatic heterocycles. The number of nitrogens with one attached hydrogen (secondary N) is 1. The van der Waals surface area contributed by atoms with Gasteiger partial charge in [0.05, 0.1) is 11.5 Å². The summed E-state index contributed by atoms with van der Waals surface area (Å²) in [7, 11) is -3.02. The van der Waals surface area contributed by atoms with E-state index in [4.69, 9.17) is 0 Å².